The molecule has 2 nitrogen and oxygen atoms in total. The number of nitrogen functional groups attached to an aromatic ring is 1. The minimum absolute atomic E-state index is 0.0595. The lowest BCUT2D eigenvalue weighted by atomic mass is 10.2. The van der Waals surface area contributed by atoms with E-state index in [9.17, 15) is 4.39 Å². The number of benzene rings is 2. The maximum Gasteiger partial charge on any atom is 0.156 e. The van der Waals surface area contributed by atoms with E-state index in [-0.39, 0.29) is 11.6 Å². The first-order valence-corrected chi connectivity index (χ1v) is 6.83. The van der Waals surface area contributed by atoms with Crippen molar-refractivity contribution in [3.8, 4) is 5.75 Å². The van der Waals surface area contributed by atoms with Gasteiger partial charge in [-0.1, -0.05) is 29.3 Å². The van der Waals surface area contributed by atoms with Gasteiger partial charge in [-0.2, -0.15) is 0 Å². The molecule has 2 aromatic rings. The Labute approximate surface area is 128 Å². The fourth-order valence-electron chi connectivity index (χ4n) is 1.52. The molecule has 0 saturated carbocycles. The van der Waals surface area contributed by atoms with Crippen molar-refractivity contribution in [2.45, 2.75) is 6.61 Å². The highest BCUT2D eigenvalue weighted by molar-refractivity contribution is 9.10. The highest BCUT2D eigenvalue weighted by Gasteiger charge is 2.09. The van der Waals surface area contributed by atoms with Crippen molar-refractivity contribution in [2.75, 3.05) is 5.73 Å². The molecule has 0 aromatic heterocycles. The molecule has 6 heteroatoms. The number of halogens is 4. The molecule has 0 amide bonds. The quantitative estimate of drug-likeness (QED) is 0.773. The van der Waals surface area contributed by atoms with Crippen LogP contribution in [0.4, 0.5) is 10.1 Å². The van der Waals surface area contributed by atoms with Gasteiger partial charge in [0.25, 0.3) is 0 Å². The van der Waals surface area contributed by atoms with Crippen molar-refractivity contribution in [2.24, 2.45) is 0 Å². The van der Waals surface area contributed by atoms with Crippen molar-refractivity contribution in [3.63, 3.8) is 0 Å². The van der Waals surface area contributed by atoms with Crippen LogP contribution in [0.5, 0.6) is 5.75 Å². The Bertz CT molecular complexity index is 599. The first-order chi connectivity index (χ1) is 8.97. The van der Waals surface area contributed by atoms with Crippen molar-refractivity contribution in [3.05, 3.63) is 56.2 Å². The standard InChI is InChI=1S/C13H9BrCl2FNO/c14-9-4-8(15)5-12(18)13(9)19-6-7-1-2-11(17)10(16)3-7/h1-5H,6,18H2. The van der Waals surface area contributed by atoms with E-state index in [2.05, 4.69) is 15.9 Å². The first-order valence-electron chi connectivity index (χ1n) is 5.28. The lowest BCUT2D eigenvalue weighted by Gasteiger charge is -2.11. The van der Waals surface area contributed by atoms with Gasteiger partial charge in [0, 0.05) is 5.02 Å². The molecule has 0 saturated heterocycles. The number of rotatable bonds is 3. The van der Waals surface area contributed by atoms with Crippen molar-refractivity contribution >= 4 is 44.8 Å². The molecule has 2 aromatic carbocycles. The zero-order valence-corrected chi connectivity index (χ0v) is 12.7. The van der Waals surface area contributed by atoms with Gasteiger partial charge in [0.05, 0.1) is 15.2 Å². The van der Waals surface area contributed by atoms with E-state index in [0.717, 1.165) is 5.56 Å². The molecule has 0 radical (unpaired) electrons. The van der Waals surface area contributed by atoms with Gasteiger partial charge in [-0.15, -0.1) is 0 Å². The van der Waals surface area contributed by atoms with Crippen LogP contribution in [0.1, 0.15) is 5.56 Å². The van der Waals surface area contributed by atoms with E-state index < -0.39 is 5.82 Å². The molecular weight excluding hydrogens is 356 g/mol. The van der Waals surface area contributed by atoms with Gasteiger partial charge in [-0.05, 0) is 45.8 Å². The van der Waals surface area contributed by atoms with Crippen LogP contribution in [0, 0.1) is 5.82 Å². The number of hydrogen-bond donors (Lipinski definition) is 1. The highest BCUT2D eigenvalue weighted by Crippen LogP contribution is 2.35. The summed E-state index contributed by atoms with van der Waals surface area (Å²) >= 11 is 14.9. The van der Waals surface area contributed by atoms with Gasteiger partial charge in [-0.25, -0.2) is 4.39 Å². The second-order valence-corrected chi connectivity index (χ2v) is 5.54. The van der Waals surface area contributed by atoms with E-state index in [0.29, 0.717) is 20.9 Å². The first kappa shape index (κ1) is 14.4. The molecule has 0 aliphatic rings. The second kappa shape index (κ2) is 5.99. The fraction of sp³-hybridized carbons (Fsp3) is 0.0769. The number of ether oxygens (including phenoxy) is 1. The second-order valence-electron chi connectivity index (χ2n) is 3.84. The Morgan fingerprint density at radius 3 is 2.58 bits per heavy atom. The molecule has 19 heavy (non-hydrogen) atoms. The minimum Gasteiger partial charge on any atom is -0.486 e. The smallest absolute Gasteiger partial charge is 0.156 e. The Morgan fingerprint density at radius 1 is 1.21 bits per heavy atom. The summed E-state index contributed by atoms with van der Waals surface area (Å²) in [5.74, 6) is 0.0300. The normalized spacial score (nSPS) is 10.5. The van der Waals surface area contributed by atoms with Crippen molar-refractivity contribution in [1.82, 2.24) is 0 Å². The van der Waals surface area contributed by atoms with Crippen LogP contribution >= 0.6 is 39.1 Å². The van der Waals surface area contributed by atoms with Gasteiger partial charge in [0.2, 0.25) is 0 Å². The summed E-state index contributed by atoms with van der Waals surface area (Å²) < 4.78 is 19.3. The minimum atomic E-state index is -0.461. The van der Waals surface area contributed by atoms with E-state index in [4.69, 9.17) is 33.7 Å². The molecule has 0 spiro atoms. The maximum absolute atomic E-state index is 13.0. The summed E-state index contributed by atoms with van der Waals surface area (Å²) in [6.45, 7) is 0.227. The molecule has 2 N–H and O–H groups in total. The largest absolute Gasteiger partial charge is 0.486 e. The van der Waals surface area contributed by atoms with Crippen LogP contribution in [0.2, 0.25) is 10.0 Å². The summed E-state index contributed by atoms with van der Waals surface area (Å²) in [6.07, 6.45) is 0. The maximum atomic E-state index is 13.0. The SMILES string of the molecule is Nc1cc(Cl)cc(Br)c1OCc1ccc(F)c(Cl)c1. The zero-order valence-electron chi connectivity index (χ0n) is 9.59. The predicted molar refractivity (Wildman–Crippen MR) is 79.3 cm³/mol. The third-order valence-corrected chi connectivity index (χ3v) is 3.50. The van der Waals surface area contributed by atoms with Crippen LogP contribution in [-0.4, -0.2) is 0 Å². The number of hydrogen-bond acceptors (Lipinski definition) is 2. The third kappa shape index (κ3) is 3.53. The lowest BCUT2D eigenvalue weighted by Crippen LogP contribution is -2.00. The van der Waals surface area contributed by atoms with Gasteiger partial charge in [0.15, 0.2) is 5.75 Å². The topological polar surface area (TPSA) is 35.2 Å². The van der Waals surface area contributed by atoms with Gasteiger partial charge in [-0.3, -0.25) is 0 Å². The molecule has 0 aliphatic heterocycles. The van der Waals surface area contributed by atoms with Crippen LogP contribution in [-0.2, 0) is 6.61 Å². The molecule has 0 bridgehead atoms. The van der Waals surface area contributed by atoms with Crippen LogP contribution in [0.25, 0.3) is 0 Å². The molecule has 0 heterocycles. The third-order valence-electron chi connectivity index (χ3n) is 2.40. The summed E-state index contributed by atoms with van der Waals surface area (Å²) in [7, 11) is 0. The van der Waals surface area contributed by atoms with Crippen molar-refractivity contribution < 1.29 is 9.13 Å². The van der Waals surface area contributed by atoms with E-state index in [1.54, 1.807) is 18.2 Å². The van der Waals surface area contributed by atoms with E-state index >= 15 is 0 Å². The zero-order chi connectivity index (χ0) is 14.0. The molecule has 0 unspecified atom stereocenters. The fourth-order valence-corrected chi connectivity index (χ4v) is 2.67. The molecule has 2 rings (SSSR count). The Balaban J connectivity index is 2.16. The number of anilines is 1. The van der Waals surface area contributed by atoms with Gasteiger partial charge < -0.3 is 10.5 Å². The molecular formula is C13H9BrCl2FNO. The Morgan fingerprint density at radius 2 is 1.95 bits per heavy atom. The van der Waals surface area contributed by atoms with Gasteiger partial charge >= 0.3 is 0 Å². The van der Waals surface area contributed by atoms with Crippen LogP contribution in [0.3, 0.4) is 0 Å². The monoisotopic (exact) mass is 363 g/mol. The highest BCUT2D eigenvalue weighted by atomic mass is 79.9. The lowest BCUT2D eigenvalue weighted by molar-refractivity contribution is 0.306. The molecule has 0 aliphatic carbocycles. The average Bonchev–Trinajstić information content (AvgIpc) is 2.32. The van der Waals surface area contributed by atoms with E-state index in [1.165, 1.54) is 12.1 Å². The number of nitrogens with two attached hydrogens (primary N) is 1. The Hall–Kier alpha value is -0.970. The predicted octanol–water partition coefficient (Wildman–Crippen LogP) is 5.06. The summed E-state index contributed by atoms with van der Waals surface area (Å²) in [6, 6.07) is 7.68. The van der Waals surface area contributed by atoms with Crippen LogP contribution < -0.4 is 10.5 Å². The molecule has 100 valence electrons. The van der Waals surface area contributed by atoms with Crippen molar-refractivity contribution in [1.29, 1.82) is 0 Å². The summed E-state index contributed by atoms with van der Waals surface area (Å²) in [5, 5.41) is 0.575. The Kier molecular flexibility index (Phi) is 4.55. The summed E-state index contributed by atoms with van der Waals surface area (Å²) in [5.41, 5.74) is 6.98. The molecule has 0 atom stereocenters. The van der Waals surface area contributed by atoms with Crippen LogP contribution in [0.15, 0.2) is 34.8 Å². The summed E-state index contributed by atoms with van der Waals surface area (Å²) in [4.78, 5) is 0. The van der Waals surface area contributed by atoms with E-state index in [1.807, 2.05) is 0 Å². The average molecular weight is 365 g/mol. The molecule has 0 fully saturated rings. The van der Waals surface area contributed by atoms with Gasteiger partial charge in [0.1, 0.15) is 12.4 Å².